The number of hydrogen-bond donors (Lipinski definition) is 3. The first-order chi connectivity index (χ1) is 16.3. The smallest absolute Gasteiger partial charge is 0.234 e. The van der Waals surface area contributed by atoms with Gasteiger partial charge in [-0.15, -0.1) is 0 Å². The summed E-state index contributed by atoms with van der Waals surface area (Å²) in [5.74, 6) is -0.0743. The van der Waals surface area contributed by atoms with Crippen molar-refractivity contribution in [3.05, 3.63) is 59.2 Å². The number of amides is 1. The molecule has 2 aliphatic heterocycles. The molecule has 0 radical (unpaired) electrons. The van der Waals surface area contributed by atoms with Crippen molar-refractivity contribution in [2.75, 3.05) is 18.0 Å². The average molecular weight is 463 g/mol. The topological polar surface area (TPSA) is 93.7 Å². The van der Waals surface area contributed by atoms with Gasteiger partial charge in [-0.2, -0.15) is 0 Å². The number of carbonyl (C=O) groups is 1. The summed E-state index contributed by atoms with van der Waals surface area (Å²) in [6.07, 6.45) is 7.62. The second-order valence-electron chi connectivity index (χ2n) is 10.0. The lowest BCUT2D eigenvalue weighted by atomic mass is 9.85. The summed E-state index contributed by atoms with van der Waals surface area (Å²) >= 11 is 0. The van der Waals surface area contributed by atoms with Crippen LogP contribution in [0.2, 0.25) is 0 Å². The summed E-state index contributed by atoms with van der Waals surface area (Å²) in [4.78, 5) is 18.1. The van der Waals surface area contributed by atoms with Crippen molar-refractivity contribution in [2.24, 2.45) is 5.73 Å². The molecule has 3 atom stereocenters. The highest BCUT2D eigenvalue weighted by atomic mass is 16.3. The third-order valence-corrected chi connectivity index (χ3v) is 7.62. The van der Waals surface area contributed by atoms with Crippen molar-refractivity contribution >= 4 is 17.4 Å². The molecule has 4 N–H and O–H groups in total. The van der Waals surface area contributed by atoms with Crippen molar-refractivity contribution < 1.29 is 9.90 Å². The van der Waals surface area contributed by atoms with Crippen LogP contribution in [0, 0.1) is 5.41 Å². The number of nitrogens with one attached hydrogen (secondary N) is 1. The molecule has 1 unspecified atom stereocenters. The van der Waals surface area contributed by atoms with E-state index < -0.39 is 0 Å². The van der Waals surface area contributed by atoms with Crippen LogP contribution in [-0.2, 0) is 11.2 Å². The number of nitrogen functional groups attached to an aromatic ring is 1. The first-order valence-electron chi connectivity index (χ1n) is 12.7. The van der Waals surface area contributed by atoms with Crippen LogP contribution in [0.3, 0.4) is 0 Å². The number of piperidine rings is 1. The Balaban J connectivity index is 1.45. The van der Waals surface area contributed by atoms with Crippen molar-refractivity contribution in [1.82, 2.24) is 4.90 Å². The minimum atomic E-state index is -0.314. The van der Waals surface area contributed by atoms with Crippen LogP contribution in [0.15, 0.2) is 42.5 Å². The number of phenols is 1. The number of aromatic hydroxyl groups is 1. The Morgan fingerprint density at radius 2 is 1.79 bits per heavy atom. The quantitative estimate of drug-likeness (QED) is 0.299. The Bertz CT molecular complexity index is 1030. The van der Waals surface area contributed by atoms with Gasteiger partial charge in [0.2, 0.25) is 5.91 Å². The number of nitrogens with two attached hydrogens (primary N) is 1. The summed E-state index contributed by atoms with van der Waals surface area (Å²) < 4.78 is 0. The largest absolute Gasteiger partial charge is 0.508 e. The normalized spacial score (nSPS) is 23.1. The fourth-order valence-corrected chi connectivity index (χ4v) is 5.66. The van der Waals surface area contributed by atoms with Gasteiger partial charge in [-0.3, -0.25) is 15.1 Å². The molecule has 2 aromatic rings. The SMILES string of the molecule is C[C@@H]1CCC[C@H](C)N1CCCCCN1C(=O)C(c2cccc(C(=N)N)c2)Cc2ccc(O)cc21. The molecule has 34 heavy (non-hydrogen) atoms. The lowest BCUT2D eigenvalue weighted by Crippen LogP contribution is -2.44. The van der Waals surface area contributed by atoms with E-state index in [0.717, 1.165) is 42.6 Å². The number of rotatable bonds is 8. The highest BCUT2D eigenvalue weighted by molar-refractivity contribution is 6.02. The second kappa shape index (κ2) is 10.6. The Morgan fingerprint density at radius 3 is 2.53 bits per heavy atom. The summed E-state index contributed by atoms with van der Waals surface area (Å²) in [6.45, 7) is 6.44. The lowest BCUT2D eigenvalue weighted by molar-refractivity contribution is -0.120. The standard InChI is InChI=1S/C28H38N4O2/c1-19-8-6-9-20(2)31(19)14-4-3-5-15-32-26-18-24(33)13-12-22(26)17-25(28(32)34)21-10-7-11-23(16-21)27(29)30/h7,10-13,16,18-20,25,33H,3-6,8-9,14-15,17H2,1-2H3,(H3,29,30)/t19-,20+,25?. The molecular formula is C28H38N4O2. The molecule has 0 spiro atoms. The molecule has 2 aromatic carbocycles. The Hall–Kier alpha value is -2.86. The fourth-order valence-electron chi connectivity index (χ4n) is 5.66. The van der Waals surface area contributed by atoms with Crippen LogP contribution < -0.4 is 10.6 Å². The number of unbranched alkanes of at least 4 members (excludes halogenated alkanes) is 2. The summed E-state index contributed by atoms with van der Waals surface area (Å²) in [5, 5.41) is 17.9. The number of fused-ring (bicyclic) bond motifs is 1. The van der Waals surface area contributed by atoms with Gasteiger partial charge in [-0.05, 0) is 75.8 Å². The summed E-state index contributed by atoms with van der Waals surface area (Å²) in [5.41, 5.74) is 9.09. The number of likely N-dealkylation sites (tertiary alicyclic amines) is 1. The predicted octanol–water partition coefficient (Wildman–Crippen LogP) is 4.78. The second-order valence-corrected chi connectivity index (χ2v) is 10.0. The van der Waals surface area contributed by atoms with Gasteiger partial charge in [-0.1, -0.05) is 37.1 Å². The summed E-state index contributed by atoms with van der Waals surface area (Å²) in [6, 6.07) is 14.1. The van der Waals surface area contributed by atoms with Crippen molar-refractivity contribution in [1.29, 1.82) is 5.41 Å². The number of carbonyl (C=O) groups excluding carboxylic acids is 1. The minimum absolute atomic E-state index is 0.00429. The number of anilines is 1. The van der Waals surface area contributed by atoms with E-state index in [0.29, 0.717) is 30.6 Å². The fraction of sp³-hybridized carbons (Fsp3) is 0.500. The number of amidine groups is 1. The van der Waals surface area contributed by atoms with Crippen LogP contribution >= 0.6 is 0 Å². The van der Waals surface area contributed by atoms with Crippen LogP contribution in [0.1, 0.15) is 75.0 Å². The zero-order chi connectivity index (χ0) is 24.2. The number of nitrogens with zero attached hydrogens (tertiary/aromatic N) is 2. The molecule has 0 aliphatic carbocycles. The number of benzene rings is 2. The molecule has 1 amide bonds. The average Bonchev–Trinajstić information content (AvgIpc) is 2.81. The van der Waals surface area contributed by atoms with Gasteiger partial charge in [0, 0.05) is 30.3 Å². The minimum Gasteiger partial charge on any atom is -0.508 e. The van der Waals surface area contributed by atoms with E-state index in [1.165, 1.54) is 19.3 Å². The van der Waals surface area contributed by atoms with Gasteiger partial charge in [0.05, 0.1) is 11.6 Å². The molecule has 2 aliphatic rings. The van der Waals surface area contributed by atoms with Crippen LogP contribution in [0.25, 0.3) is 0 Å². The van der Waals surface area contributed by atoms with E-state index in [2.05, 4.69) is 18.7 Å². The van der Waals surface area contributed by atoms with Gasteiger partial charge < -0.3 is 15.7 Å². The molecule has 1 fully saturated rings. The molecule has 6 nitrogen and oxygen atoms in total. The van der Waals surface area contributed by atoms with Crippen LogP contribution in [0.5, 0.6) is 5.75 Å². The van der Waals surface area contributed by atoms with Crippen LogP contribution in [-0.4, -0.2) is 46.9 Å². The molecule has 1 saturated heterocycles. The Kier molecular flexibility index (Phi) is 7.57. The van der Waals surface area contributed by atoms with E-state index in [4.69, 9.17) is 11.1 Å². The Morgan fingerprint density at radius 1 is 1.06 bits per heavy atom. The molecule has 0 saturated carbocycles. The maximum absolute atomic E-state index is 13.6. The van der Waals surface area contributed by atoms with E-state index in [9.17, 15) is 9.90 Å². The van der Waals surface area contributed by atoms with Crippen LogP contribution in [0.4, 0.5) is 5.69 Å². The monoisotopic (exact) mass is 462 g/mol. The van der Waals surface area contributed by atoms with E-state index in [1.807, 2.05) is 29.2 Å². The van der Waals surface area contributed by atoms with Gasteiger partial charge in [0.1, 0.15) is 11.6 Å². The first kappa shape index (κ1) is 24.3. The van der Waals surface area contributed by atoms with Crippen molar-refractivity contribution in [2.45, 2.75) is 76.8 Å². The molecule has 182 valence electrons. The van der Waals surface area contributed by atoms with E-state index >= 15 is 0 Å². The maximum atomic E-state index is 13.6. The molecule has 6 heteroatoms. The molecule has 4 rings (SSSR count). The maximum Gasteiger partial charge on any atom is 0.234 e. The van der Waals surface area contributed by atoms with E-state index in [1.54, 1.807) is 18.2 Å². The lowest BCUT2D eigenvalue weighted by Gasteiger charge is -2.39. The molecule has 2 heterocycles. The van der Waals surface area contributed by atoms with Gasteiger partial charge in [0.15, 0.2) is 0 Å². The molecule has 0 aromatic heterocycles. The number of phenolic OH excluding ortho intramolecular Hbond substituents is 1. The van der Waals surface area contributed by atoms with Crippen molar-refractivity contribution in [3.63, 3.8) is 0 Å². The molecular weight excluding hydrogens is 424 g/mol. The third-order valence-electron chi connectivity index (χ3n) is 7.62. The van der Waals surface area contributed by atoms with Gasteiger partial charge in [0.25, 0.3) is 0 Å². The van der Waals surface area contributed by atoms with Gasteiger partial charge >= 0.3 is 0 Å². The first-order valence-corrected chi connectivity index (χ1v) is 12.7. The number of hydrogen-bond acceptors (Lipinski definition) is 4. The third kappa shape index (κ3) is 5.27. The van der Waals surface area contributed by atoms with E-state index in [-0.39, 0.29) is 23.4 Å². The highest BCUT2D eigenvalue weighted by Crippen LogP contribution is 2.38. The zero-order valence-corrected chi connectivity index (χ0v) is 20.5. The highest BCUT2D eigenvalue weighted by Gasteiger charge is 2.34. The summed E-state index contributed by atoms with van der Waals surface area (Å²) in [7, 11) is 0. The Labute approximate surface area is 203 Å². The molecule has 0 bridgehead atoms. The van der Waals surface area contributed by atoms with Crippen molar-refractivity contribution in [3.8, 4) is 5.75 Å². The zero-order valence-electron chi connectivity index (χ0n) is 20.5. The van der Waals surface area contributed by atoms with Gasteiger partial charge in [-0.25, -0.2) is 0 Å². The predicted molar refractivity (Wildman–Crippen MR) is 138 cm³/mol.